The van der Waals surface area contributed by atoms with E-state index < -0.39 is 11.6 Å². The summed E-state index contributed by atoms with van der Waals surface area (Å²) in [5.74, 6) is -0.572. The zero-order valence-electron chi connectivity index (χ0n) is 10.8. The standard InChI is InChI=1S/C14H21F2N/c1-4-17-11(3)7-10(2)8-12-5-6-13(15)9-14(12)16/h5-6,9-11,17H,4,7-8H2,1-3H3. The summed E-state index contributed by atoms with van der Waals surface area (Å²) in [6.45, 7) is 7.23. The lowest BCUT2D eigenvalue weighted by Gasteiger charge is -2.18. The third-order valence-electron chi connectivity index (χ3n) is 2.89. The van der Waals surface area contributed by atoms with Crippen LogP contribution in [0, 0.1) is 17.6 Å². The second-order valence-electron chi connectivity index (χ2n) is 4.74. The number of halogens is 2. The summed E-state index contributed by atoms with van der Waals surface area (Å²) in [5, 5.41) is 3.33. The van der Waals surface area contributed by atoms with Crippen molar-refractivity contribution in [2.45, 2.75) is 39.7 Å². The van der Waals surface area contributed by atoms with E-state index in [1.54, 1.807) is 6.07 Å². The molecule has 0 heterocycles. The Hall–Kier alpha value is -0.960. The van der Waals surface area contributed by atoms with Crippen molar-refractivity contribution in [3.8, 4) is 0 Å². The Morgan fingerprint density at radius 2 is 1.94 bits per heavy atom. The molecule has 1 nitrogen and oxygen atoms in total. The molecule has 0 amide bonds. The summed E-state index contributed by atoms with van der Waals surface area (Å²) in [5.41, 5.74) is 0.600. The van der Waals surface area contributed by atoms with Crippen LogP contribution in [0.2, 0.25) is 0 Å². The van der Waals surface area contributed by atoms with Gasteiger partial charge in [-0.3, -0.25) is 0 Å². The number of rotatable bonds is 6. The molecular weight excluding hydrogens is 220 g/mol. The van der Waals surface area contributed by atoms with E-state index in [2.05, 4.69) is 26.1 Å². The lowest BCUT2D eigenvalue weighted by molar-refractivity contribution is 0.420. The highest BCUT2D eigenvalue weighted by Crippen LogP contribution is 2.17. The molecule has 96 valence electrons. The molecule has 3 heteroatoms. The van der Waals surface area contributed by atoms with Gasteiger partial charge in [0.25, 0.3) is 0 Å². The van der Waals surface area contributed by atoms with Crippen LogP contribution in [0.4, 0.5) is 8.78 Å². The molecule has 2 atom stereocenters. The first-order valence-corrected chi connectivity index (χ1v) is 6.20. The van der Waals surface area contributed by atoms with Crippen molar-refractivity contribution >= 4 is 0 Å². The van der Waals surface area contributed by atoms with Crippen LogP contribution in [-0.2, 0) is 6.42 Å². The van der Waals surface area contributed by atoms with Gasteiger partial charge in [-0.15, -0.1) is 0 Å². The lowest BCUT2D eigenvalue weighted by Crippen LogP contribution is -2.27. The van der Waals surface area contributed by atoms with E-state index in [1.165, 1.54) is 6.07 Å². The van der Waals surface area contributed by atoms with E-state index in [9.17, 15) is 8.78 Å². The van der Waals surface area contributed by atoms with Crippen LogP contribution in [0.1, 0.15) is 32.8 Å². The molecular formula is C14H21F2N. The van der Waals surface area contributed by atoms with Gasteiger partial charge in [-0.2, -0.15) is 0 Å². The smallest absolute Gasteiger partial charge is 0.129 e. The second kappa shape index (κ2) is 6.70. The van der Waals surface area contributed by atoms with Crippen molar-refractivity contribution in [2.24, 2.45) is 5.92 Å². The molecule has 0 aromatic heterocycles. The fourth-order valence-electron chi connectivity index (χ4n) is 2.18. The molecule has 0 aliphatic carbocycles. The topological polar surface area (TPSA) is 12.0 Å². The van der Waals surface area contributed by atoms with Gasteiger partial charge in [-0.25, -0.2) is 8.78 Å². The van der Waals surface area contributed by atoms with Gasteiger partial charge in [-0.1, -0.05) is 19.9 Å². The summed E-state index contributed by atoms with van der Waals surface area (Å²) in [6.07, 6.45) is 1.65. The predicted molar refractivity (Wildman–Crippen MR) is 67.0 cm³/mol. The van der Waals surface area contributed by atoms with Crippen molar-refractivity contribution < 1.29 is 8.78 Å². The Morgan fingerprint density at radius 1 is 1.24 bits per heavy atom. The lowest BCUT2D eigenvalue weighted by atomic mass is 9.94. The summed E-state index contributed by atoms with van der Waals surface area (Å²) < 4.78 is 26.2. The summed E-state index contributed by atoms with van der Waals surface area (Å²) in [4.78, 5) is 0. The minimum absolute atomic E-state index is 0.379. The normalized spacial score (nSPS) is 14.6. The minimum atomic E-state index is -0.514. The Balaban J connectivity index is 2.52. The van der Waals surface area contributed by atoms with Crippen LogP contribution >= 0.6 is 0 Å². The maximum absolute atomic E-state index is 13.4. The van der Waals surface area contributed by atoms with Crippen molar-refractivity contribution in [3.05, 3.63) is 35.4 Å². The fourth-order valence-corrected chi connectivity index (χ4v) is 2.18. The van der Waals surface area contributed by atoms with E-state index in [-0.39, 0.29) is 0 Å². The summed E-state index contributed by atoms with van der Waals surface area (Å²) >= 11 is 0. The van der Waals surface area contributed by atoms with Gasteiger partial charge in [0.1, 0.15) is 11.6 Å². The highest BCUT2D eigenvalue weighted by Gasteiger charge is 2.11. The highest BCUT2D eigenvalue weighted by molar-refractivity contribution is 5.19. The van der Waals surface area contributed by atoms with Crippen molar-refractivity contribution in [3.63, 3.8) is 0 Å². The van der Waals surface area contributed by atoms with Gasteiger partial charge in [0.05, 0.1) is 0 Å². The van der Waals surface area contributed by atoms with Crippen molar-refractivity contribution in [2.75, 3.05) is 6.54 Å². The molecule has 0 radical (unpaired) electrons. The molecule has 2 unspecified atom stereocenters. The zero-order chi connectivity index (χ0) is 12.8. The molecule has 0 spiro atoms. The predicted octanol–water partition coefficient (Wildman–Crippen LogP) is 3.53. The molecule has 0 aliphatic rings. The van der Waals surface area contributed by atoms with Gasteiger partial charge in [0, 0.05) is 12.1 Å². The number of nitrogens with one attached hydrogen (secondary N) is 1. The average Bonchev–Trinajstić information content (AvgIpc) is 2.22. The van der Waals surface area contributed by atoms with Crippen LogP contribution in [0.3, 0.4) is 0 Å². The third kappa shape index (κ3) is 4.82. The van der Waals surface area contributed by atoms with Gasteiger partial charge in [0.2, 0.25) is 0 Å². The summed E-state index contributed by atoms with van der Waals surface area (Å²) in [7, 11) is 0. The van der Waals surface area contributed by atoms with Crippen LogP contribution < -0.4 is 5.32 Å². The first-order valence-electron chi connectivity index (χ1n) is 6.20. The first-order chi connectivity index (χ1) is 8.02. The van der Waals surface area contributed by atoms with Crippen LogP contribution in [-0.4, -0.2) is 12.6 Å². The molecule has 1 aromatic rings. The molecule has 1 N–H and O–H groups in total. The van der Waals surface area contributed by atoms with Crippen LogP contribution in [0.25, 0.3) is 0 Å². The number of benzene rings is 1. The Morgan fingerprint density at radius 3 is 2.53 bits per heavy atom. The van der Waals surface area contributed by atoms with Crippen LogP contribution in [0.15, 0.2) is 18.2 Å². The third-order valence-corrected chi connectivity index (χ3v) is 2.89. The SMILES string of the molecule is CCNC(C)CC(C)Cc1ccc(F)cc1F. The number of hydrogen-bond acceptors (Lipinski definition) is 1. The Kier molecular flexibility index (Phi) is 5.56. The maximum atomic E-state index is 13.4. The molecule has 0 aliphatic heterocycles. The Bertz CT molecular complexity index is 352. The van der Waals surface area contributed by atoms with E-state index in [0.29, 0.717) is 23.9 Å². The quantitative estimate of drug-likeness (QED) is 0.803. The van der Waals surface area contributed by atoms with Gasteiger partial charge in [0.15, 0.2) is 0 Å². The molecule has 0 saturated carbocycles. The largest absolute Gasteiger partial charge is 0.315 e. The zero-order valence-corrected chi connectivity index (χ0v) is 10.8. The molecule has 0 bridgehead atoms. The van der Waals surface area contributed by atoms with Crippen molar-refractivity contribution in [1.82, 2.24) is 5.32 Å². The van der Waals surface area contributed by atoms with Gasteiger partial charge in [-0.05, 0) is 43.9 Å². The molecule has 1 aromatic carbocycles. The molecule has 17 heavy (non-hydrogen) atoms. The van der Waals surface area contributed by atoms with E-state index in [0.717, 1.165) is 19.0 Å². The minimum Gasteiger partial charge on any atom is -0.315 e. The maximum Gasteiger partial charge on any atom is 0.129 e. The van der Waals surface area contributed by atoms with Gasteiger partial charge >= 0.3 is 0 Å². The van der Waals surface area contributed by atoms with E-state index in [4.69, 9.17) is 0 Å². The first kappa shape index (κ1) is 14.1. The molecule has 0 saturated heterocycles. The van der Waals surface area contributed by atoms with Crippen LogP contribution in [0.5, 0.6) is 0 Å². The molecule has 0 fully saturated rings. The average molecular weight is 241 g/mol. The van der Waals surface area contributed by atoms with Gasteiger partial charge < -0.3 is 5.32 Å². The Labute approximate surface area is 102 Å². The highest BCUT2D eigenvalue weighted by atomic mass is 19.1. The second-order valence-corrected chi connectivity index (χ2v) is 4.74. The molecule has 1 rings (SSSR count). The summed E-state index contributed by atoms with van der Waals surface area (Å²) in [6, 6.07) is 4.24. The monoisotopic (exact) mass is 241 g/mol. The number of hydrogen-bond donors (Lipinski definition) is 1. The van der Waals surface area contributed by atoms with E-state index in [1.807, 2.05) is 0 Å². The van der Waals surface area contributed by atoms with Crippen molar-refractivity contribution in [1.29, 1.82) is 0 Å². The van der Waals surface area contributed by atoms with E-state index >= 15 is 0 Å². The fraction of sp³-hybridized carbons (Fsp3) is 0.571.